The summed E-state index contributed by atoms with van der Waals surface area (Å²) in [5, 5.41) is 1.19. The van der Waals surface area contributed by atoms with Gasteiger partial charge in [0.15, 0.2) is 0 Å². The van der Waals surface area contributed by atoms with Gasteiger partial charge in [0.25, 0.3) is 0 Å². The predicted octanol–water partition coefficient (Wildman–Crippen LogP) is 5.67. The molecule has 0 aromatic heterocycles. The number of benzene rings is 3. The Morgan fingerprint density at radius 3 is 1.86 bits per heavy atom. The van der Waals surface area contributed by atoms with Crippen LogP contribution < -0.4 is 10.0 Å². The summed E-state index contributed by atoms with van der Waals surface area (Å²) in [6.07, 6.45) is 4.59. The molecule has 3 aromatic carbocycles. The molecular formula is C24H29O2PS. The lowest BCUT2D eigenvalue weighted by Crippen LogP contribution is -2.08. The maximum atomic E-state index is 6.09. The van der Waals surface area contributed by atoms with Crippen molar-refractivity contribution in [3.63, 3.8) is 0 Å². The summed E-state index contributed by atoms with van der Waals surface area (Å²) < 4.78 is 11.9. The van der Waals surface area contributed by atoms with E-state index in [0.29, 0.717) is 13.2 Å². The normalized spacial score (nSPS) is 12.0. The van der Waals surface area contributed by atoms with E-state index in [1.807, 2.05) is 12.1 Å². The van der Waals surface area contributed by atoms with E-state index in [4.69, 9.17) is 9.47 Å². The van der Waals surface area contributed by atoms with E-state index in [1.165, 1.54) is 21.3 Å². The topological polar surface area (TPSA) is 18.5 Å². The Kier molecular flexibility index (Phi) is 7.18. The summed E-state index contributed by atoms with van der Waals surface area (Å²) in [5.74, 6) is 1.63. The minimum atomic E-state index is -0.982. The molecule has 0 aliphatic carbocycles. The first-order chi connectivity index (χ1) is 13.4. The molecule has 0 amide bonds. The number of hydrogen-bond acceptors (Lipinski definition) is 2. The van der Waals surface area contributed by atoms with E-state index in [1.54, 1.807) is 0 Å². The molecule has 4 heteroatoms. The molecule has 2 nitrogen and oxygen atoms in total. The molecule has 0 heterocycles. The molecule has 0 radical (unpaired) electrons. The molecule has 0 saturated heterocycles. The molecule has 28 heavy (non-hydrogen) atoms. The van der Waals surface area contributed by atoms with Gasteiger partial charge in [0.2, 0.25) is 0 Å². The highest BCUT2D eigenvalue weighted by atomic mass is 32.3. The largest absolute Gasteiger partial charge is 0.484 e. The van der Waals surface area contributed by atoms with Crippen molar-refractivity contribution in [3.05, 3.63) is 89.5 Å². The summed E-state index contributed by atoms with van der Waals surface area (Å²) in [5.41, 5.74) is 3.63. The van der Waals surface area contributed by atoms with Crippen molar-refractivity contribution < 1.29 is 9.47 Å². The lowest BCUT2D eigenvalue weighted by molar-refractivity contribution is 0.107. The van der Waals surface area contributed by atoms with E-state index in [0.717, 1.165) is 17.3 Å². The average molecular weight is 413 g/mol. The first kappa shape index (κ1) is 20.9. The third-order valence-corrected chi connectivity index (χ3v) is 7.26. The summed E-state index contributed by atoms with van der Waals surface area (Å²) in [6, 6.07) is 25.4. The van der Waals surface area contributed by atoms with Gasteiger partial charge < -0.3 is 9.47 Å². The Hall–Kier alpha value is -1.80. The highest BCUT2D eigenvalue weighted by Gasteiger charge is 2.15. The van der Waals surface area contributed by atoms with E-state index in [9.17, 15) is 0 Å². The van der Waals surface area contributed by atoms with E-state index >= 15 is 0 Å². The summed E-state index contributed by atoms with van der Waals surface area (Å²) in [4.78, 5) is 1.37. The standard InChI is InChI=1S/C24H29O2PS/c1-19-4-14-24(15-5-19)28(2,3)18-26-22-10-6-20(7-11-22)16-25-17-21-8-12-23(27)13-9-21/h4-15H,16-18,27H2,1-3H3. The van der Waals surface area contributed by atoms with Crippen LogP contribution in [-0.4, -0.2) is 18.5 Å². The average Bonchev–Trinajstić information content (AvgIpc) is 2.69. The first-order valence-electron chi connectivity index (χ1n) is 9.34. The molecule has 148 valence electrons. The van der Waals surface area contributed by atoms with Crippen molar-refractivity contribution in [1.82, 2.24) is 0 Å². The van der Waals surface area contributed by atoms with Crippen LogP contribution in [-0.2, 0) is 18.0 Å². The Morgan fingerprint density at radius 2 is 1.29 bits per heavy atom. The molecule has 0 aliphatic heterocycles. The summed E-state index contributed by atoms with van der Waals surface area (Å²) >= 11 is 0. The monoisotopic (exact) mass is 412 g/mol. The van der Waals surface area contributed by atoms with Gasteiger partial charge in [-0.3, -0.25) is 0 Å². The Balaban J connectivity index is 1.48. The van der Waals surface area contributed by atoms with Gasteiger partial charge in [-0.15, -0.1) is 9.24 Å². The Labute approximate surface area is 172 Å². The number of ether oxygens (including phenoxy) is 2. The minimum absolute atomic E-state index is 0.600. The summed E-state index contributed by atoms with van der Waals surface area (Å²) in [6.45, 7) is 3.34. The molecule has 3 aromatic rings. The van der Waals surface area contributed by atoms with Crippen LogP contribution in [0.2, 0.25) is 0 Å². The maximum Gasteiger partial charge on any atom is 0.122 e. The van der Waals surface area contributed by atoms with Gasteiger partial charge in [-0.1, -0.05) is 54.1 Å². The zero-order valence-corrected chi connectivity index (χ0v) is 18.8. The Morgan fingerprint density at radius 1 is 0.750 bits per heavy atom. The molecule has 0 spiro atoms. The Bertz CT molecular complexity index is 872. The fourth-order valence-electron chi connectivity index (χ4n) is 2.77. The van der Waals surface area contributed by atoms with Crippen molar-refractivity contribution in [1.29, 1.82) is 0 Å². The van der Waals surface area contributed by atoms with Gasteiger partial charge in [-0.25, -0.2) is 0 Å². The van der Waals surface area contributed by atoms with Gasteiger partial charge in [0.05, 0.1) is 13.2 Å². The van der Waals surface area contributed by atoms with Gasteiger partial charge in [-0.2, -0.15) is 10.0 Å². The van der Waals surface area contributed by atoms with Gasteiger partial charge in [0.1, 0.15) is 11.7 Å². The van der Waals surface area contributed by atoms with E-state index in [2.05, 4.69) is 89.3 Å². The molecular weight excluding hydrogens is 383 g/mol. The molecule has 0 fully saturated rings. The van der Waals surface area contributed by atoms with Crippen LogP contribution in [0.3, 0.4) is 0 Å². The quantitative estimate of drug-likeness (QED) is 0.444. The maximum absolute atomic E-state index is 6.09. The third kappa shape index (κ3) is 6.10. The molecule has 1 unspecified atom stereocenters. The fraction of sp³-hybridized carbons (Fsp3) is 0.250. The van der Waals surface area contributed by atoms with Crippen molar-refractivity contribution in [2.45, 2.75) is 25.0 Å². The van der Waals surface area contributed by atoms with Gasteiger partial charge >= 0.3 is 0 Å². The molecule has 0 saturated carbocycles. The zero-order valence-electron chi connectivity index (χ0n) is 16.9. The van der Waals surface area contributed by atoms with E-state index < -0.39 is 10.0 Å². The smallest absolute Gasteiger partial charge is 0.122 e. The zero-order chi connectivity index (χ0) is 20.0. The van der Waals surface area contributed by atoms with Crippen LogP contribution >= 0.6 is 19.3 Å². The third-order valence-electron chi connectivity index (χ3n) is 4.62. The van der Waals surface area contributed by atoms with Gasteiger partial charge in [0, 0.05) is 0 Å². The van der Waals surface area contributed by atoms with Crippen LogP contribution in [0.5, 0.6) is 5.75 Å². The summed E-state index contributed by atoms with van der Waals surface area (Å²) in [7, 11) is 1.71. The molecule has 0 bridgehead atoms. The number of aryl methyl sites for hydroxylation is 1. The SMILES string of the molecule is Cc1ccc(S(C)(C)COc2ccc(COCc3ccc(P)cc3)cc2)cc1. The van der Waals surface area contributed by atoms with E-state index in [-0.39, 0.29) is 0 Å². The highest BCUT2D eigenvalue weighted by molar-refractivity contribution is 8.32. The van der Waals surface area contributed by atoms with Crippen LogP contribution in [0.1, 0.15) is 16.7 Å². The van der Waals surface area contributed by atoms with Crippen molar-refractivity contribution in [2.24, 2.45) is 0 Å². The molecule has 1 atom stereocenters. The van der Waals surface area contributed by atoms with Crippen LogP contribution in [0, 0.1) is 6.92 Å². The number of rotatable bonds is 8. The van der Waals surface area contributed by atoms with Crippen molar-refractivity contribution >= 4 is 24.6 Å². The first-order valence-corrected chi connectivity index (χ1v) is 12.5. The minimum Gasteiger partial charge on any atom is -0.484 e. The van der Waals surface area contributed by atoms with Crippen LogP contribution in [0.4, 0.5) is 0 Å². The van der Waals surface area contributed by atoms with Crippen molar-refractivity contribution in [3.8, 4) is 5.75 Å². The molecule has 0 aliphatic rings. The lowest BCUT2D eigenvalue weighted by atomic mass is 10.2. The lowest BCUT2D eigenvalue weighted by Gasteiger charge is -2.31. The van der Waals surface area contributed by atoms with Crippen molar-refractivity contribution in [2.75, 3.05) is 18.5 Å². The molecule has 3 rings (SSSR count). The van der Waals surface area contributed by atoms with Crippen LogP contribution in [0.15, 0.2) is 77.7 Å². The second kappa shape index (κ2) is 9.60. The van der Waals surface area contributed by atoms with Crippen LogP contribution in [0.25, 0.3) is 0 Å². The number of hydrogen-bond donors (Lipinski definition) is 0. The van der Waals surface area contributed by atoms with Gasteiger partial charge in [-0.05, 0) is 65.0 Å². The molecule has 0 N–H and O–H groups in total. The predicted molar refractivity (Wildman–Crippen MR) is 125 cm³/mol. The fourth-order valence-corrected chi connectivity index (χ4v) is 4.40. The second-order valence-electron chi connectivity index (χ2n) is 7.49. The highest BCUT2D eigenvalue weighted by Crippen LogP contribution is 2.48. The second-order valence-corrected chi connectivity index (χ2v) is 11.9.